The van der Waals surface area contributed by atoms with Gasteiger partial charge in [-0.25, -0.2) is 0 Å². The molecule has 7 heteroatoms. The Balaban J connectivity index is 1.63. The number of ether oxygens (including phenoxy) is 1. The van der Waals surface area contributed by atoms with Crippen molar-refractivity contribution in [2.75, 3.05) is 36.0 Å². The minimum atomic E-state index is 0.104. The fourth-order valence-electron chi connectivity index (χ4n) is 2.55. The summed E-state index contributed by atoms with van der Waals surface area (Å²) in [6.45, 7) is 7.69. The minimum absolute atomic E-state index is 0.104. The van der Waals surface area contributed by atoms with Gasteiger partial charge < -0.3 is 14.5 Å². The van der Waals surface area contributed by atoms with Crippen LogP contribution in [0.2, 0.25) is 0 Å². The van der Waals surface area contributed by atoms with Crippen molar-refractivity contribution in [1.82, 2.24) is 19.7 Å². The Morgan fingerprint density at radius 1 is 1.05 bits per heavy atom. The van der Waals surface area contributed by atoms with Crippen molar-refractivity contribution in [1.29, 1.82) is 0 Å². The normalized spacial score (nSPS) is 15.5. The molecule has 0 atom stereocenters. The maximum absolute atomic E-state index is 5.62. The maximum Gasteiger partial charge on any atom is 0.234 e. The third kappa shape index (κ3) is 3.29. The summed E-state index contributed by atoms with van der Waals surface area (Å²) in [7, 11) is 1.94. The first-order chi connectivity index (χ1) is 10.6. The summed E-state index contributed by atoms with van der Waals surface area (Å²) in [5.41, 5.74) is 1.17. The quantitative estimate of drug-likeness (QED) is 0.849. The number of hydrogen-bond acceptors (Lipinski definition) is 6. The molecule has 0 spiro atoms. The average Bonchev–Trinajstić information content (AvgIpc) is 2.94. The van der Waals surface area contributed by atoms with E-state index in [2.05, 4.69) is 24.9 Å². The number of aromatic nitrogens is 4. The van der Waals surface area contributed by atoms with E-state index in [4.69, 9.17) is 4.74 Å². The Hall–Kier alpha value is -2.31. The van der Waals surface area contributed by atoms with Gasteiger partial charge in [-0.1, -0.05) is 0 Å². The van der Waals surface area contributed by atoms with Gasteiger partial charge in [-0.15, -0.1) is 0 Å². The fourth-order valence-corrected chi connectivity index (χ4v) is 2.55. The summed E-state index contributed by atoms with van der Waals surface area (Å²) in [4.78, 5) is 13.4. The third-order valence-electron chi connectivity index (χ3n) is 3.62. The Bertz CT molecular complexity index is 618. The van der Waals surface area contributed by atoms with Crippen LogP contribution in [-0.4, -0.2) is 52.0 Å². The van der Waals surface area contributed by atoms with Gasteiger partial charge in [0.1, 0.15) is 0 Å². The maximum atomic E-state index is 5.62. The van der Waals surface area contributed by atoms with Crippen LogP contribution in [0.25, 0.3) is 0 Å². The zero-order valence-electron chi connectivity index (χ0n) is 13.3. The average molecular weight is 302 g/mol. The Kier molecular flexibility index (Phi) is 4.13. The summed E-state index contributed by atoms with van der Waals surface area (Å²) in [6, 6.07) is 0. The van der Waals surface area contributed by atoms with E-state index in [0.29, 0.717) is 5.88 Å². The largest absolute Gasteiger partial charge is 0.474 e. The molecule has 0 aliphatic carbocycles. The van der Waals surface area contributed by atoms with Gasteiger partial charge >= 0.3 is 0 Å². The highest BCUT2D eigenvalue weighted by molar-refractivity contribution is 5.46. The third-order valence-corrected chi connectivity index (χ3v) is 3.62. The van der Waals surface area contributed by atoms with E-state index in [1.54, 1.807) is 12.4 Å². The number of rotatable bonds is 4. The summed E-state index contributed by atoms with van der Waals surface area (Å²) >= 11 is 0. The lowest BCUT2D eigenvalue weighted by Crippen LogP contribution is -2.46. The summed E-state index contributed by atoms with van der Waals surface area (Å²) in [6.07, 6.45) is 7.52. The number of hydrogen-bond donors (Lipinski definition) is 0. The van der Waals surface area contributed by atoms with Crippen molar-refractivity contribution in [2.24, 2.45) is 7.05 Å². The van der Waals surface area contributed by atoms with Crippen LogP contribution in [0.1, 0.15) is 13.8 Å². The van der Waals surface area contributed by atoms with Crippen molar-refractivity contribution in [3.8, 4) is 5.88 Å². The van der Waals surface area contributed by atoms with Crippen LogP contribution in [0.4, 0.5) is 11.5 Å². The second-order valence-corrected chi connectivity index (χ2v) is 5.73. The van der Waals surface area contributed by atoms with Gasteiger partial charge in [-0.3, -0.25) is 9.67 Å². The van der Waals surface area contributed by atoms with Crippen molar-refractivity contribution in [3.05, 3.63) is 24.8 Å². The first kappa shape index (κ1) is 14.6. The highest BCUT2D eigenvalue weighted by Gasteiger charge is 2.19. The molecule has 22 heavy (non-hydrogen) atoms. The lowest BCUT2D eigenvalue weighted by Gasteiger charge is -2.35. The fraction of sp³-hybridized carbons (Fsp3) is 0.533. The number of aryl methyl sites for hydroxylation is 1. The lowest BCUT2D eigenvalue weighted by molar-refractivity contribution is 0.231. The molecule has 0 amide bonds. The topological polar surface area (TPSA) is 59.3 Å². The first-order valence-corrected chi connectivity index (χ1v) is 7.59. The molecular formula is C15H22N6O. The van der Waals surface area contributed by atoms with Crippen molar-refractivity contribution < 1.29 is 4.74 Å². The molecule has 0 N–H and O–H groups in total. The lowest BCUT2D eigenvalue weighted by atomic mass is 10.3. The first-order valence-electron chi connectivity index (χ1n) is 7.59. The highest BCUT2D eigenvalue weighted by atomic mass is 16.5. The van der Waals surface area contributed by atoms with E-state index < -0.39 is 0 Å². The van der Waals surface area contributed by atoms with Crippen molar-refractivity contribution in [2.45, 2.75) is 20.0 Å². The van der Waals surface area contributed by atoms with Gasteiger partial charge in [0, 0.05) is 39.4 Å². The number of nitrogens with zero attached hydrogens (tertiary/aromatic N) is 6. The molecule has 1 fully saturated rings. The Labute approximate surface area is 130 Å². The Morgan fingerprint density at radius 2 is 1.77 bits per heavy atom. The second kappa shape index (κ2) is 6.21. The molecule has 7 nitrogen and oxygen atoms in total. The molecule has 0 aromatic carbocycles. The van der Waals surface area contributed by atoms with Crippen LogP contribution >= 0.6 is 0 Å². The number of piperazine rings is 1. The molecule has 3 heterocycles. The molecule has 0 unspecified atom stereocenters. The summed E-state index contributed by atoms with van der Waals surface area (Å²) < 4.78 is 7.45. The zero-order chi connectivity index (χ0) is 15.5. The van der Waals surface area contributed by atoms with Gasteiger partial charge in [0.2, 0.25) is 5.88 Å². The van der Waals surface area contributed by atoms with Crippen LogP contribution in [-0.2, 0) is 7.05 Å². The molecule has 1 aliphatic rings. The van der Waals surface area contributed by atoms with Crippen LogP contribution in [0.5, 0.6) is 5.88 Å². The molecule has 1 aliphatic heterocycles. The summed E-state index contributed by atoms with van der Waals surface area (Å²) in [5, 5.41) is 4.23. The van der Waals surface area contributed by atoms with Gasteiger partial charge in [-0.2, -0.15) is 10.1 Å². The molecular weight excluding hydrogens is 280 g/mol. The van der Waals surface area contributed by atoms with Gasteiger partial charge in [0.05, 0.1) is 30.4 Å². The van der Waals surface area contributed by atoms with Crippen LogP contribution in [0.3, 0.4) is 0 Å². The van der Waals surface area contributed by atoms with E-state index in [1.165, 1.54) is 5.69 Å². The molecule has 2 aromatic rings. The smallest absolute Gasteiger partial charge is 0.234 e. The predicted octanol–water partition coefficient (Wildman–Crippen LogP) is 1.32. The molecule has 118 valence electrons. The number of anilines is 2. The molecule has 0 saturated carbocycles. The van der Waals surface area contributed by atoms with Crippen molar-refractivity contribution in [3.63, 3.8) is 0 Å². The van der Waals surface area contributed by atoms with Gasteiger partial charge in [0.25, 0.3) is 0 Å². The second-order valence-electron chi connectivity index (χ2n) is 5.73. The predicted molar refractivity (Wildman–Crippen MR) is 85.4 cm³/mol. The highest BCUT2D eigenvalue weighted by Crippen LogP contribution is 2.19. The van der Waals surface area contributed by atoms with Gasteiger partial charge in [-0.05, 0) is 13.8 Å². The molecule has 0 bridgehead atoms. The van der Waals surface area contributed by atoms with Crippen molar-refractivity contribution >= 4 is 11.5 Å². The molecule has 0 radical (unpaired) electrons. The van der Waals surface area contributed by atoms with Crippen LogP contribution < -0.4 is 14.5 Å². The van der Waals surface area contributed by atoms with E-state index in [9.17, 15) is 0 Å². The SMILES string of the molecule is CC(C)Oc1cncc(N2CCN(c3cnn(C)c3)CC2)n1. The van der Waals surface area contributed by atoms with Crippen LogP contribution in [0.15, 0.2) is 24.8 Å². The monoisotopic (exact) mass is 302 g/mol. The molecule has 1 saturated heterocycles. The van der Waals surface area contributed by atoms with E-state index in [-0.39, 0.29) is 6.10 Å². The van der Waals surface area contributed by atoms with E-state index in [0.717, 1.165) is 32.0 Å². The molecule has 2 aromatic heterocycles. The van der Waals surface area contributed by atoms with E-state index in [1.807, 2.05) is 38.0 Å². The van der Waals surface area contributed by atoms with Crippen LogP contribution in [0, 0.1) is 0 Å². The summed E-state index contributed by atoms with van der Waals surface area (Å²) in [5.74, 6) is 1.46. The standard InChI is InChI=1S/C15H22N6O/c1-12(2)22-15-10-16-9-14(18-15)21-6-4-20(5-7-21)13-8-17-19(3)11-13/h8-12H,4-7H2,1-3H3. The zero-order valence-corrected chi connectivity index (χ0v) is 13.3. The van der Waals surface area contributed by atoms with Gasteiger partial charge in [0.15, 0.2) is 5.82 Å². The molecule has 3 rings (SSSR count). The minimum Gasteiger partial charge on any atom is -0.474 e. The van der Waals surface area contributed by atoms with E-state index >= 15 is 0 Å². The Morgan fingerprint density at radius 3 is 2.41 bits per heavy atom.